The highest BCUT2D eigenvalue weighted by Gasteiger charge is 2.46. The van der Waals surface area contributed by atoms with Crippen LogP contribution in [0.2, 0.25) is 0 Å². The van der Waals surface area contributed by atoms with Gasteiger partial charge in [0.05, 0.1) is 13.2 Å². The molecule has 2 aliphatic heterocycles. The van der Waals surface area contributed by atoms with Gasteiger partial charge in [-0.3, -0.25) is 9.59 Å². The molecule has 0 N–H and O–H groups in total. The number of ether oxygens (including phenoxy) is 1. The third-order valence-corrected chi connectivity index (χ3v) is 5.17. The summed E-state index contributed by atoms with van der Waals surface area (Å²) in [4.78, 5) is 28.8. The number of nitrogens with zero attached hydrogens (tertiary/aromatic N) is 2. The summed E-state index contributed by atoms with van der Waals surface area (Å²) in [5.41, 5.74) is -0.360. The van der Waals surface area contributed by atoms with Gasteiger partial charge in [-0.25, -0.2) is 4.39 Å². The van der Waals surface area contributed by atoms with Crippen LogP contribution in [-0.4, -0.2) is 60.5 Å². The van der Waals surface area contributed by atoms with E-state index in [2.05, 4.69) is 0 Å². The van der Waals surface area contributed by atoms with Gasteiger partial charge in [-0.05, 0) is 37.3 Å². The monoisotopic (exact) mass is 348 g/mol. The Bertz CT molecular complexity index is 651. The molecule has 6 heteroatoms. The lowest BCUT2D eigenvalue weighted by molar-refractivity contribution is -0.173. The molecule has 1 aromatic rings. The van der Waals surface area contributed by atoms with Gasteiger partial charge in [-0.15, -0.1) is 0 Å². The normalized spacial score (nSPS) is 24.5. The zero-order valence-electron chi connectivity index (χ0n) is 14.7. The summed E-state index contributed by atoms with van der Waals surface area (Å²) in [7, 11) is 1.79. The molecule has 2 fully saturated rings. The minimum Gasteiger partial charge on any atom is -0.361 e. The summed E-state index contributed by atoms with van der Waals surface area (Å²) >= 11 is 0. The Morgan fingerprint density at radius 3 is 2.88 bits per heavy atom. The zero-order chi connectivity index (χ0) is 17.9. The van der Waals surface area contributed by atoms with Crippen molar-refractivity contribution in [2.45, 2.75) is 37.7 Å². The lowest BCUT2D eigenvalue weighted by atomic mass is 9.94. The average molecular weight is 348 g/mol. The molecule has 2 heterocycles. The molecule has 1 unspecified atom stereocenters. The molecule has 1 atom stereocenters. The first-order valence-electron chi connectivity index (χ1n) is 8.92. The number of carbonyl (C=O) groups is 2. The Morgan fingerprint density at radius 1 is 1.28 bits per heavy atom. The van der Waals surface area contributed by atoms with Crippen molar-refractivity contribution >= 4 is 11.8 Å². The van der Waals surface area contributed by atoms with E-state index in [0.717, 1.165) is 19.4 Å². The van der Waals surface area contributed by atoms with Crippen LogP contribution < -0.4 is 0 Å². The van der Waals surface area contributed by atoms with Gasteiger partial charge in [-0.2, -0.15) is 0 Å². The van der Waals surface area contributed by atoms with E-state index < -0.39 is 5.60 Å². The molecule has 0 saturated carbocycles. The fourth-order valence-corrected chi connectivity index (χ4v) is 3.69. The van der Waals surface area contributed by atoms with Crippen molar-refractivity contribution in [1.82, 2.24) is 9.80 Å². The largest absolute Gasteiger partial charge is 0.361 e. The molecule has 0 aromatic heterocycles. The van der Waals surface area contributed by atoms with Crippen molar-refractivity contribution in [3.05, 3.63) is 35.6 Å². The molecule has 5 nitrogen and oxygen atoms in total. The van der Waals surface area contributed by atoms with Gasteiger partial charge in [0.15, 0.2) is 5.60 Å². The van der Waals surface area contributed by atoms with Crippen LogP contribution in [0.4, 0.5) is 4.39 Å². The highest BCUT2D eigenvalue weighted by Crippen LogP contribution is 2.29. The number of amides is 2. The number of likely N-dealkylation sites (N-methyl/N-ethyl adjacent to an activating group) is 1. The maximum atomic E-state index is 13.7. The standard InChI is InChI=1S/C19H25FN2O3/c1-21-11-5-4-10-19(18(21)24)14-22(12-13-25-19)17(23)9-8-15-6-2-3-7-16(15)20/h2-3,6-7H,4-5,8-14H2,1H3. The van der Waals surface area contributed by atoms with Gasteiger partial charge in [0.25, 0.3) is 5.91 Å². The zero-order valence-corrected chi connectivity index (χ0v) is 14.7. The van der Waals surface area contributed by atoms with Gasteiger partial charge < -0.3 is 14.5 Å². The number of hydrogen-bond donors (Lipinski definition) is 0. The van der Waals surface area contributed by atoms with E-state index in [-0.39, 0.29) is 24.1 Å². The maximum absolute atomic E-state index is 13.7. The number of morpholine rings is 1. The van der Waals surface area contributed by atoms with Crippen LogP contribution in [0.3, 0.4) is 0 Å². The molecule has 2 aliphatic rings. The van der Waals surface area contributed by atoms with Crippen molar-refractivity contribution in [2.75, 3.05) is 33.3 Å². The van der Waals surface area contributed by atoms with Crippen molar-refractivity contribution in [1.29, 1.82) is 0 Å². The van der Waals surface area contributed by atoms with E-state index in [4.69, 9.17) is 4.74 Å². The van der Waals surface area contributed by atoms with E-state index >= 15 is 0 Å². The highest BCUT2D eigenvalue weighted by atomic mass is 19.1. The van der Waals surface area contributed by atoms with Gasteiger partial charge in [0.1, 0.15) is 5.82 Å². The number of aryl methyl sites for hydroxylation is 1. The molecular weight excluding hydrogens is 323 g/mol. The number of hydrogen-bond acceptors (Lipinski definition) is 3. The summed E-state index contributed by atoms with van der Waals surface area (Å²) in [6, 6.07) is 6.52. The number of carbonyl (C=O) groups excluding carboxylic acids is 2. The minimum atomic E-state index is -0.906. The fraction of sp³-hybridized carbons (Fsp3) is 0.579. The molecule has 0 radical (unpaired) electrons. The molecule has 0 bridgehead atoms. The van der Waals surface area contributed by atoms with Crippen molar-refractivity contribution < 1.29 is 18.7 Å². The third kappa shape index (κ3) is 3.84. The van der Waals surface area contributed by atoms with E-state index in [1.54, 1.807) is 35.0 Å². The quantitative estimate of drug-likeness (QED) is 0.839. The fourth-order valence-electron chi connectivity index (χ4n) is 3.69. The van der Waals surface area contributed by atoms with Crippen LogP contribution in [0.25, 0.3) is 0 Å². The molecule has 3 rings (SSSR count). The topological polar surface area (TPSA) is 49.9 Å². The van der Waals surface area contributed by atoms with E-state index in [0.29, 0.717) is 38.1 Å². The van der Waals surface area contributed by atoms with Crippen molar-refractivity contribution in [3.8, 4) is 0 Å². The molecule has 25 heavy (non-hydrogen) atoms. The molecule has 1 aromatic carbocycles. The van der Waals surface area contributed by atoms with Crippen LogP contribution in [0, 0.1) is 5.82 Å². The van der Waals surface area contributed by atoms with Crippen LogP contribution >= 0.6 is 0 Å². The number of likely N-dealkylation sites (tertiary alicyclic amines) is 1. The number of rotatable bonds is 3. The van der Waals surface area contributed by atoms with E-state index in [1.165, 1.54) is 6.07 Å². The maximum Gasteiger partial charge on any atom is 0.256 e. The van der Waals surface area contributed by atoms with Gasteiger partial charge >= 0.3 is 0 Å². The lowest BCUT2D eigenvalue weighted by Gasteiger charge is -2.42. The average Bonchev–Trinajstić information content (AvgIpc) is 2.75. The summed E-state index contributed by atoms with van der Waals surface area (Å²) in [6.07, 6.45) is 3.11. The van der Waals surface area contributed by atoms with E-state index in [9.17, 15) is 14.0 Å². The first-order valence-corrected chi connectivity index (χ1v) is 8.92. The Labute approximate surface area is 147 Å². The Hall–Kier alpha value is -1.95. The van der Waals surface area contributed by atoms with Crippen LogP contribution in [0.15, 0.2) is 24.3 Å². The summed E-state index contributed by atoms with van der Waals surface area (Å²) in [5, 5.41) is 0. The third-order valence-electron chi connectivity index (χ3n) is 5.17. The van der Waals surface area contributed by atoms with Crippen LogP contribution in [-0.2, 0) is 20.7 Å². The first kappa shape index (κ1) is 17.9. The van der Waals surface area contributed by atoms with Crippen molar-refractivity contribution in [3.63, 3.8) is 0 Å². The highest BCUT2D eigenvalue weighted by molar-refractivity contribution is 5.87. The van der Waals surface area contributed by atoms with Gasteiger partial charge in [0.2, 0.25) is 5.91 Å². The molecule has 2 amide bonds. The minimum absolute atomic E-state index is 0.0309. The van der Waals surface area contributed by atoms with Gasteiger partial charge in [0, 0.05) is 26.6 Å². The van der Waals surface area contributed by atoms with E-state index in [1.807, 2.05) is 0 Å². The molecular formula is C19H25FN2O3. The van der Waals surface area contributed by atoms with Crippen LogP contribution in [0.5, 0.6) is 0 Å². The van der Waals surface area contributed by atoms with Crippen LogP contribution in [0.1, 0.15) is 31.2 Å². The molecule has 1 spiro atoms. The second-order valence-corrected chi connectivity index (χ2v) is 6.93. The smallest absolute Gasteiger partial charge is 0.256 e. The Balaban J connectivity index is 1.65. The first-order chi connectivity index (χ1) is 12.0. The molecule has 2 saturated heterocycles. The number of halogens is 1. The molecule has 0 aliphatic carbocycles. The predicted octanol–water partition coefficient (Wildman–Crippen LogP) is 2.00. The number of benzene rings is 1. The summed E-state index contributed by atoms with van der Waals surface area (Å²) in [5.74, 6) is -0.364. The Morgan fingerprint density at radius 2 is 2.08 bits per heavy atom. The Kier molecular flexibility index (Phi) is 5.37. The lowest BCUT2D eigenvalue weighted by Crippen LogP contribution is -2.60. The summed E-state index contributed by atoms with van der Waals surface area (Å²) in [6.45, 7) is 1.87. The second kappa shape index (κ2) is 7.52. The molecule has 136 valence electrons. The predicted molar refractivity (Wildman–Crippen MR) is 91.5 cm³/mol. The second-order valence-electron chi connectivity index (χ2n) is 6.93. The van der Waals surface area contributed by atoms with Gasteiger partial charge in [-0.1, -0.05) is 18.2 Å². The van der Waals surface area contributed by atoms with Crippen molar-refractivity contribution in [2.24, 2.45) is 0 Å². The SMILES string of the molecule is CN1CCCCC2(CN(C(=O)CCc3ccccc3F)CCO2)C1=O. The summed E-state index contributed by atoms with van der Waals surface area (Å²) < 4.78 is 19.6.